The highest BCUT2D eigenvalue weighted by molar-refractivity contribution is 6.31. The lowest BCUT2D eigenvalue weighted by atomic mass is 10.1. The Kier molecular flexibility index (Phi) is 6.72. The minimum Gasteiger partial charge on any atom is -0.444 e. The van der Waals surface area contributed by atoms with Gasteiger partial charge in [-0.3, -0.25) is 13.9 Å². The molecule has 35 heavy (non-hydrogen) atoms. The molecule has 3 aromatic rings. The highest BCUT2D eigenvalue weighted by Crippen LogP contribution is 2.26. The molecule has 1 fully saturated rings. The standard InChI is InChI=1S/C24H28ClN7O3/c1-24(2,3)35-23(34)27-16-9-7-11-31(14-16)22-29-20-19(21(33)30(4)18(12-26)28-20)32(22)13-15-8-5-6-10-17(15)25/h5-6,8,10,16H,7,9,11,13-14H2,1-4H3,(H,27,34)/t16-/m1/s1. The van der Waals surface area contributed by atoms with Crippen LogP contribution in [0.3, 0.4) is 0 Å². The Labute approximate surface area is 208 Å². The number of imidazole rings is 1. The molecule has 0 aliphatic carbocycles. The zero-order valence-corrected chi connectivity index (χ0v) is 21.0. The van der Waals surface area contributed by atoms with E-state index in [9.17, 15) is 14.9 Å². The van der Waals surface area contributed by atoms with E-state index in [4.69, 9.17) is 16.3 Å². The topological polar surface area (TPSA) is 118 Å². The number of halogens is 1. The van der Waals surface area contributed by atoms with E-state index in [1.807, 2.05) is 49.9 Å². The number of nitriles is 1. The molecule has 0 saturated carbocycles. The number of fused-ring (bicyclic) bond motifs is 1. The number of amides is 1. The van der Waals surface area contributed by atoms with E-state index in [0.29, 0.717) is 36.1 Å². The molecule has 10 nitrogen and oxygen atoms in total. The molecule has 0 spiro atoms. The molecule has 184 valence electrons. The van der Waals surface area contributed by atoms with Crippen LogP contribution in [0.15, 0.2) is 29.1 Å². The van der Waals surface area contributed by atoms with Gasteiger partial charge in [-0.2, -0.15) is 15.2 Å². The van der Waals surface area contributed by atoms with Crippen LogP contribution in [0.5, 0.6) is 0 Å². The zero-order valence-electron chi connectivity index (χ0n) is 20.2. The van der Waals surface area contributed by atoms with E-state index < -0.39 is 11.7 Å². The maximum Gasteiger partial charge on any atom is 0.407 e. The largest absolute Gasteiger partial charge is 0.444 e. The van der Waals surface area contributed by atoms with E-state index >= 15 is 0 Å². The van der Waals surface area contributed by atoms with Crippen LogP contribution < -0.4 is 15.8 Å². The van der Waals surface area contributed by atoms with Gasteiger partial charge in [0.2, 0.25) is 11.8 Å². The van der Waals surface area contributed by atoms with Gasteiger partial charge < -0.3 is 15.0 Å². The summed E-state index contributed by atoms with van der Waals surface area (Å²) in [6.45, 7) is 6.93. The first kappa shape index (κ1) is 24.5. The van der Waals surface area contributed by atoms with Crippen molar-refractivity contribution in [2.45, 2.75) is 51.8 Å². The van der Waals surface area contributed by atoms with Crippen LogP contribution in [-0.2, 0) is 18.3 Å². The first-order chi connectivity index (χ1) is 16.6. The summed E-state index contributed by atoms with van der Waals surface area (Å²) in [5.41, 5.74) is 0.364. The Morgan fingerprint density at radius 2 is 2.06 bits per heavy atom. The van der Waals surface area contributed by atoms with Gasteiger partial charge in [-0.05, 0) is 45.2 Å². The van der Waals surface area contributed by atoms with Crippen LogP contribution in [0.2, 0.25) is 5.02 Å². The summed E-state index contributed by atoms with van der Waals surface area (Å²) >= 11 is 6.43. The molecule has 3 heterocycles. The highest BCUT2D eigenvalue weighted by Gasteiger charge is 2.29. The maximum absolute atomic E-state index is 13.2. The minimum absolute atomic E-state index is 0.0143. The van der Waals surface area contributed by atoms with Gasteiger partial charge in [-0.15, -0.1) is 0 Å². The Bertz CT molecular complexity index is 1370. The number of rotatable bonds is 4. The molecule has 1 N–H and O–H groups in total. The second kappa shape index (κ2) is 9.58. The summed E-state index contributed by atoms with van der Waals surface area (Å²) in [5, 5.41) is 12.9. The number of benzene rings is 1. The van der Waals surface area contributed by atoms with Crippen molar-refractivity contribution in [1.82, 2.24) is 24.4 Å². The van der Waals surface area contributed by atoms with Crippen LogP contribution in [-0.4, -0.2) is 49.9 Å². The Hall–Kier alpha value is -3.58. The fourth-order valence-corrected chi connectivity index (χ4v) is 4.38. The molecular formula is C24H28ClN7O3. The molecule has 2 aromatic heterocycles. The molecule has 1 amide bonds. The fraction of sp³-hybridized carbons (Fsp3) is 0.458. The maximum atomic E-state index is 13.2. The van der Waals surface area contributed by atoms with Crippen LogP contribution in [0, 0.1) is 11.3 Å². The molecule has 4 rings (SSSR count). The molecule has 1 aliphatic heterocycles. The Balaban J connectivity index is 1.74. The monoisotopic (exact) mass is 497 g/mol. The molecule has 11 heteroatoms. The van der Waals surface area contributed by atoms with Gasteiger partial charge in [0.25, 0.3) is 5.56 Å². The second-order valence-electron chi connectivity index (χ2n) is 9.60. The van der Waals surface area contributed by atoms with E-state index in [1.54, 1.807) is 10.6 Å². The van der Waals surface area contributed by atoms with Gasteiger partial charge in [0, 0.05) is 31.2 Å². The SMILES string of the molecule is Cn1c(C#N)nc2nc(N3CCC[C@@H](NC(=O)OC(C)(C)C)C3)n(Cc3ccccc3Cl)c2c1=O. The lowest BCUT2D eigenvalue weighted by Crippen LogP contribution is -2.49. The van der Waals surface area contributed by atoms with Crippen LogP contribution >= 0.6 is 11.6 Å². The number of carbonyl (C=O) groups excluding carboxylic acids is 1. The van der Waals surface area contributed by atoms with E-state index in [1.165, 1.54) is 11.6 Å². The van der Waals surface area contributed by atoms with Crippen molar-refractivity contribution in [2.24, 2.45) is 7.05 Å². The van der Waals surface area contributed by atoms with Crippen LogP contribution in [0.25, 0.3) is 11.2 Å². The summed E-state index contributed by atoms with van der Waals surface area (Å²) in [7, 11) is 1.52. The van der Waals surface area contributed by atoms with Crippen LogP contribution in [0.1, 0.15) is 45.0 Å². The predicted molar refractivity (Wildman–Crippen MR) is 133 cm³/mol. The predicted octanol–water partition coefficient (Wildman–Crippen LogP) is 3.20. The number of anilines is 1. The molecule has 1 saturated heterocycles. The third kappa shape index (κ3) is 5.25. The number of alkyl carbamates (subject to hydrolysis) is 1. The Morgan fingerprint density at radius 1 is 1.31 bits per heavy atom. The number of nitrogens with zero attached hydrogens (tertiary/aromatic N) is 6. The highest BCUT2D eigenvalue weighted by atomic mass is 35.5. The van der Waals surface area contributed by atoms with Crippen molar-refractivity contribution < 1.29 is 9.53 Å². The summed E-state index contributed by atoms with van der Waals surface area (Å²) in [6, 6.07) is 9.20. The number of piperidine rings is 1. The lowest BCUT2D eigenvalue weighted by Gasteiger charge is -2.34. The average Bonchev–Trinajstić information content (AvgIpc) is 3.15. The molecule has 0 unspecified atom stereocenters. The first-order valence-electron chi connectivity index (χ1n) is 11.4. The molecule has 1 atom stereocenters. The summed E-state index contributed by atoms with van der Waals surface area (Å²) in [4.78, 5) is 36.6. The smallest absolute Gasteiger partial charge is 0.407 e. The molecule has 1 aliphatic rings. The second-order valence-corrected chi connectivity index (χ2v) is 10.0. The van der Waals surface area contributed by atoms with Crippen molar-refractivity contribution in [3.8, 4) is 6.07 Å². The van der Waals surface area contributed by atoms with Gasteiger partial charge in [0.05, 0.1) is 6.54 Å². The molecule has 0 radical (unpaired) electrons. The minimum atomic E-state index is -0.592. The van der Waals surface area contributed by atoms with E-state index in [-0.39, 0.29) is 23.1 Å². The quantitative estimate of drug-likeness (QED) is 0.588. The average molecular weight is 498 g/mol. The molecule has 1 aromatic carbocycles. The number of hydrogen-bond acceptors (Lipinski definition) is 7. The zero-order chi connectivity index (χ0) is 25.3. The lowest BCUT2D eigenvalue weighted by molar-refractivity contribution is 0.0500. The van der Waals surface area contributed by atoms with Gasteiger partial charge in [0.15, 0.2) is 11.2 Å². The van der Waals surface area contributed by atoms with Gasteiger partial charge >= 0.3 is 6.09 Å². The van der Waals surface area contributed by atoms with E-state index in [0.717, 1.165) is 18.4 Å². The van der Waals surface area contributed by atoms with Crippen molar-refractivity contribution >= 4 is 34.8 Å². The molecule has 0 bridgehead atoms. The number of hydrogen-bond donors (Lipinski definition) is 1. The van der Waals surface area contributed by atoms with E-state index in [2.05, 4.69) is 15.3 Å². The summed E-state index contributed by atoms with van der Waals surface area (Å²) < 4.78 is 8.43. The first-order valence-corrected chi connectivity index (χ1v) is 11.8. The van der Waals surface area contributed by atoms with Crippen molar-refractivity contribution in [1.29, 1.82) is 5.26 Å². The summed E-state index contributed by atoms with van der Waals surface area (Å²) in [6.07, 6.45) is 1.13. The van der Waals surface area contributed by atoms with Crippen LogP contribution in [0.4, 0.5) is 10.7 Å². The number of carbonyl (C=O) groups is 1. The fourth-order valence-electron chi connectivity index (χ4n) is 4.19. The number of ether oxygens (including phenoxy) is 1. The number of nitrogens with one attached hydrogen (secondary N) is 1. The summed E-state index contributed by atoms with van der Waals surface area (Å²) in [5.74, 6) is 0.523. The van der Waals surface area contributed by atoms with Gasteiger partial charge in [-0.1, -0.05) is 29.8 Å². The van der Waals surface area contributed by atoms with Crippen molar-refractivity contribution in [3.05, 3.63) is 51.0 Å². The normalized spacial score (nSPS) is 16.2. The number of aromatic nitrogens is 4. The molecular weight excluding hydrogens is 470 g/mol. The van der Waals surface area contributed by atoms with Crippen molar-refractivity contribution in [2.75, 3.05) is 18.0 Å². The van der Waals surface area contributed by atoms with Crippen molar-refractivity contribution in [3.63, 3.8) is 0 Å². The van der Waals surface area contributed by atoms with Gasteiger partial charge in [-0.25, -0.2) is 4.79 Å². The third-order valence-corrected chi connectivity index (χ3v) is 6.15. The third-order valence-electron chi connectivity index (χ3n) is 5.78. The Morgan fingerprint density at radius 3 is 2.74 bits per heavy atom. The van der Waals surface area contributed by atoms with Gasteiger partial charge in [0.1, 0.15) is 11.7 Å².